The van der Waals surface area contributed by atoms with Crippen molar-refractivity contribution in [2.24, 2.45) is 0 Å². The summed E-state index contributed by atoms with van der Waals surface area (Å²) in [7, 11) is 0. The average Bonchev–Trinajstić information content (AvgIpc) is 2.70. The van der Waals surface area contributed by atoms with Gasteiger partial charge in [-0.05, 0) is 13.8 Å². The number of rotatable bonds is 4. The summed E-state index contributed by atoms with van der Waals surface area (Å²) in [4.78, 5) is 15.3. The third kappa shape index (κ3) is 3.76. The minimum Gasteiger partial charge on any atom is -0.343 e. The third-order valence-corrected chi connectivity index (χ3v) is 1.75. The number of nitrogens with one attached hydrogen (secondary N) is 2. The molecule has 5 heteroatoms. The Morgan fingerprint density at radius 1 is 1.60 bits per heavy atom. The molecule has 1 amide bonds. The molecule has 0 radical (unpaired) electrons. The number of aromatic amines is 1. The summed E-state index contributed by atoms with van der Waals surface area (Å²) in [5.74, 6) is 0.486. The smallest absolute Gasteiger partial charge is 0.244 e. The first-order valence-electron chi connectivity index (χ1n) is 4.69. The Kier molecular flexibility index (Phi) is 4.28. The molecule has 0 saturated carbocycles. The Balaban J connectivity index is 2.45. The molecule has 1 heterocycles. The van der Waals surface area contributed by atoms with Gasteiger partial charge in [0, 0.05) is 6.08 Å². The molecular formula is C10H14N4O. The van der Waals surface area contributed by atoms with Crippen LogP contribution in [-0.4, -0.2) is 21.1 Å². The maximum absolute atomic E-state index is 11.3. The van der Waals surface area contributed by atoms with Gasteiger partial charge < -0.3 is 5.32 Å². The Morgan fingerprint density at radius 3 is 3.00 bits per heavy atom. The highest BCUT2D eigenvalue weighted by Crippen LogP contribution is 2.03. The van der Waals surface area contributed by atoms with Gasteiger partial charge in [-0.1, -0.05) is 18.2 Å². The maximum atomic E-state index is 11.3. The summed E-state index contributed by atoms with van der Waals surface area (Å²) in [6.45, 7) is 3.72. The summed E-state index contributed by atoms with van der Waals surface area (Å²) >= 11 is 0. The van der Waals surface area contributed by atoms with Gasteiger partial charge in [-0.2, -0.15) is 5.10 Å². The van der Waals surface area contributed by atoms with Crippen LogP contribution in [0.25, 0.3) is 0 Å². The van der Waals surface area contributed by atoms with Gasteiger partial charge in [0.1, 0.15) is 12.2 Å². The minimum atomic E-state index is -0.171. The first-order chi connectivity index (χ1) is 7.24. The predicted molar refractivity (Wildman–Crippen MR) is 56.9 cm³/mol. The van der Waals surface area contributed by atoms with Crippen LogP contribution < -0.4 is 5.32 Å². The van der Waals surface area contributed by atoms with Crippen molar-refractivity contribution < 1.29 is 4.79 Å². The van der Waals surface area contributed by atoms with E-state index >= 15 is 0 Å². The molecule has 0 saturated heterocycles. The first kappa shape index (κ1) is 11.2. The molecule has 1 unspecified atom stereocenters. The molecule has 1 atom stereocenters. The van der Waals surface area contributed by atoms with E-state index in [1.807, 2.05) is 19.9 Å². The maximum Gasteiger partial charge on any atom is 0.244 e. The van der Waals surface area contributed by atoms with E-state index in [4.69, 9.17) is 0 Å². The lowest BCUT2D eigenvalue weighted by Gasteiger charge is -2.07. The summed E-state index contributed by atoms with van der Waals surface area (Å²) in [5.41, 5.74) is 0. The third-order valence-electron chi connectivity index (χ3n) is 1.75. The van der Waals surface area contributed by atoms with E-state index in [9.17, 15) is 4.79 Å². The number of H-pyrrole nitrogens is 1. The van der Waals surface area contributed by atoms with Crippen LogP contribution in [-0.2, 0) is 4.79 Å². The van der Waals surface area contributed by atoms with Crippen LogP contribution in [0.3, 0.4) is 0 Å². The minimum absolute atomic E-state index is 0.156. The monoisotopic (exact) mass is 206 g/mol. The second-order valence-corrected chi connectivity index (χ2v) is 2.99. The molecule has 0 aliphatic carbocycles. The Bertz CT molecular complexity index is 354. The van der Waals surface area contributed by atoms with Crippen LogP contribution in [0, 0.1) is 0 Å². The number of carbonyl (C=O) groups excluding carboxylic acids is 1. The van der Waals surface area contributed by atoms with Gasteiger partial charge in [-0.3, -0.25) is 9.89 Å². The molecule has 0 spiro atoms. The normalized spacial score (nSPS) is 13.5. The van der Waals surface area contributed by atoms with Crippen LogP contribution >= 0.6 is 0 Å². The fourth-order valence-corrected chi connectivity index (χ4v) is 1.01. The van der Waals surface area contributed by atoms with Gasteiger partial charge >= 0.3 is 0 Å². The molecule has 0 aromatic carbocycles. The van der Waals surface area contributed by atoms with Gasteiger partial charge in [0.2, 0.25) is 5.91 Å². The highest BCUT2D eigenvalue weighted by molar-refractivity contribution is 5.87. The van der Waals surface area contributed by atoms with Gasteiger partial charge in [-0.15, -0.1) is 0 Å². The van der Waals surface area contributed by atoms with Crippen molar-refractivity contribution >= 4 is 5.91 Å². The lowest BCUT2D eigenvalue weighted by atomic mass is 10.3. The number of hydrogen-bond acceptors (Lipinski definition) is 3. The zero-order chi connectivity index (χ0) is 11.1. The van der Waals surface area contributed by atoms with Crippen LogP contribution in [0.2, 0.25) is 0 Å². The lowest BCUT2D eigenvalue weighted by Crippen LogP contribution is -2.25. The quantitative estimate of drug-likeness (QED) is 0.572. The molecule has 0 fully saturated rings. The van der Waals surface area contributed by atoms with E-state index in [-0.39, 0.29) is 11.9 Å². The summed E-state index contributed by atoms with van der Waals surface area (Å²) in [5, 5.41) is 9.15. The first-order valence-corrected chi connectivity index (χ1v) is 4.69. The molecule has 80 valence electrons. The van der Waals surface area contributed by atoms with Crippen molar-refractivity contribution in [2.75, 3.05) is 0 Å². The van der Waals surface area contributed by atoms with Crippen molar-refractivity contribution in [2.45, 2.75) is 19.9 Å². The van der Waals surface area contributed by atoms with E-state index in [0.717, 1.165) is 0 Å². The SMILES string of the molecule is CC=CC=CC(=O)NC(C)c1ncn[nH]1. The largest absolute Gasteiger partial charge is 0.343 e. The number of allylic oxidation sites excluding steroid dienone is 3. The fraction of sp³-hybridized carbons (Fsp3) is 0.300. The molecule has 1 aromatic heterocycles. The molecule has 0 bridgehead atoms. The van der Waals surface area contributed by atoms with Crippen molar-refractivity contribution in [1.82, 2.24) is 20.5 Å². The number of nitrogens with zero attached hydrogens (tertiary/aromatic N) is 2. The molecule has 1 aromatic rings. The average molecular weight is 206 g/mol. The molecular weight excluding hydrogens is 192 g/mol. The van der Waals surface area contributed by atoms with Gasteiger partial charge in [0.15, 0.2) is 0 Å². The summed E-state index contributed by atoms with van der Waals surface area (Å²) < 4.78 is 0. The lowest BCUT2D eigenvalue weighted by molar-refractivity contribution is -0.117. The van der Waals surface area contributed by atoms with Crippen molar-refractivity contribution in [3.63, 3.8) is 0 Å². The number of carbonyl (C=O) groups is 1. The summed E-state index contributed by atoms with van der Waals surface area (Å²) in [6.07, 6.45) is 8.20. The zero-order valence-electron chi connectivity index (χ0n) is 8.77. The van der Waals surface area contributed by atoms with Gasteiger partial charge in [0.05, 0.1) is 6.04 Å². The van der Waals surface area contributed by atoms with Crippen molar-refractivity contribution in [1.29, 1.82) is 0 Å². The van der Waals surface area contributed by atoms with Gasteiger partial charge in [-0.25, -0.2) is 4.98 Å². The molecule has 15 heavy (non-hydrogen) atoms. The Labute approximate surface area is 88.3 Å². The topological polar surface area (TPSA) is 70.7 Å². The van der Waals surface area contributed by atoms with Crippen LogP contribution in [0.15, 0.2) is 30.6 Å². The van der Waals surface area contributed by atoms with Crippen LogP contribution in [0.5, 0.6) is 0 Å². The van der Waals surface area contributed by atoms with Crippen LogP contribution in [0.4, 0.5) is 0 Å². The number of aromatic nitrogens is 3. The zero-order valence-corrected chi connectivity index (χ0v) is 8.77. The van der Waals surface area contributed by atoms with Crippen molar-refractivity contribution in [3.8, 4) is 0 Å². The Morgan fingerprint density at radius 2 is 2.40 bits per heavy atom. The molecule has 0 aliphatic heterocycles. The highest BCUT2D eigenvalue weighted by atomic mass is 16.1. The van der Waals surface area contributed by atoms with E-state index in [0.29, 0.717) is 5.82 Å². The van der Waals surface area contributed by atoms with E-state index < -0.39 is 0 Å². The molecule has 0 aliphatic rings. The molecule has 2 N–H and O–H groups in total. The predicted octanol–water partition coefficient (Wildman–Crippen LogP) is 1.11. The van der Waals surface area contributed by atoms with E-state index in [1.165, 1.54) is 12.4 Å². The van der Waals surface area contributed by atoms with E-state index in [1.54, 1.807) is 12.2 Å². The highest BCUT2D eigenvalue weighted by Gasteiger charge is 2.09. The molecule has 5 nitrogen and oxygen atoms in total. The second-order valence-electron chi connectivity index (χ2n) is 2.99. The van der Waals surface area contributed by atoms with Crippen LogP contribution in [0.1, 0.15) is 25.7 Å². The van der Waals surface area contributed by atoms with E-state index in [2.05, 4.69) is 20.5 Å². The van der Waals surface area contributed by atoms with Crippen molar-refractivity contribution in [3.05, 3.63) is 36.5 Å². The Hall–Kier alpha value is -1.91. The number of amides is 1. The second kappa shape index (κ2) is 5.74. The van der Waals surface area contributed by atoms with Gasteiger partial charge in [0.25, 0.3) is 0 Å². The molecule has 1 rings (SSSR count). The summed E-state index contributed by atoms with van der Waals surface area (Å²) in [6, 6.07) is -0.171. The number of hydrogen-bond donors (Lipinski definition) is 2. The standard InChI is InChI=1S/C10H14N4O/c1-3-4-5-6-9(15)13-8(2)10-11-7-12-14-10/h3-8H,1-2H3,(H,13,15)(H,11,12,14). The fourth-order valence-electron chi connectivity index (χ4n) is 1.01.